The Balaban J connectivity index is 3.19. The Morgan fingerprint density at radius 2 is 1.57 bits per heavy atom. The third kappa shape index (κ3) is 6.31. The van der Waals surface area contributed by atoms with Crippen molar-refractivity contribution < 1.29 is 4.79 Å². The molecule has 0 saturated heterocycles. The van der Waals surface area contributed by atoms with Gasteiger partial charge in [-0.05, 0) is 84.6 Å². The number of primary amides is 1. The van der Waals surface area contributed by atoms with Gasteiger partial charge in [-0.15, -0.1) is 0 Å². The maximum Gasteiger partial charge on any atom is 0.228 e. The smallest absolute Gasteiger partial charge is 0.228 e. The van der Waals surface area contributed by atoms with Crippen LogP contribution in [-0.2, 0) is 10.2 Å². The van der Waals surface area contributed by atoms with Gasteiger partial charge in [-0.1, -0.05) is 38.1 Å². The molecule has 1 unspecified atom stereocenters. The number of carbonyl (C=O) groups excluding carboxylic acids is 1. The highest BCUT2D eigenvalue weighted by atomic mass is 16.1. The monoisotopic (exact) mass is 389 g/mol. The zero-order valence-electron chi connectivity index (χ0n) is 19.3. The highest BCUT2D eigenvalue weighted by molar-refractivity contribution is 5.87. The summed E-state index contributed by atoms with van der Waals surface area (Å²) in [5.74, 6) is -0.186. The van der Waals surface area contributed by atoms with Gasteiger partial charge in [0, 0.05) is 18.6 Å². The number of hydrogen-bond acceptors (Lipinski definition) is 3. The van der Waals surface area contributed by atoms with Gasteiger partial charge in [0.25, 0.3) is 0 Å². The predicted molar refractivity (Wildman–Crippen MR) is 121 cm³/mol. The molecule has 4 nitrogen and oxygen atoms in total. The van der Waals surface area contributed by atoms with Gasteiger partial charge in [-0.25, -0.2) is 0 Å². The fourth-order valence-electron chi connectivity index (χ4n) is 4.46. The number of amides is 1. The zero-order valence-corrected chi connectivity index (χ0v) is 19.3. The Kier molecular flexibility index (Phi) is 10.2. The van der Waals surface area contributed by atoms with Gasteiger partial charge in [0.15, 0.2) is 0 Å². The van der Waals surface area contributed by atoms with Crippen LogP contribution in [0.2, 0.25) is 0 Å². The molecular formula is C24H43N3O. The molecule has 0 spiro atoms. The maximum absolute atomic E-state index is 12.9. The van der Waals surface area contributed by atoms with Crippen LogP contribution in [0.5, 0.6) is 0 Å². The lowest BCUT2D eigenvalue weighted by molar-refractivity contribution is -0.124. The Bertz CT molecular complexity index is 587. The number of aryl methyl sites for hydroxylation is 1. The Morgan fingerprint density at radius 1 is 1.00 bits per heavy atom. The van der Waals surface area contributed by atoms with Crippen LogP contribution < -0.4 is 5.73 Å². The highest BCUT2D eigenvalue weighted by Crippen LogP contribution is 2.36. The third-order valence-electron chi connectivity index (χ3n) is 6.23. The van der Waals surface area contributed by atoms with Crippen molar-refractivity contribution in [3.05, 3.63) is 35.4 Å². The Labute approximate surface area is 173 Å². The van der Waals surface area contributed by atoms with E-state index >= 15 is 0 Å². The van der Waals surface area contributed by atoms with Gasteiger partial charge in [0.1, 0.15) is 0 Å². The molecule has 1 rings (SSSR count). The first kappa shape index (κ1) is 24.6. The molecule has 0 bridgehead atoms. The zero-order chi connectivity index (χ0) is 21.3. The average molecular weight is 390 g/mol. The van der Waals surface area contributed by atoms with E-state index in [0.29, 0.717) is 12.1 Å². The first-order valence-electron chi connectivity index (χ1n) is 11.0. The van der Waals surface area contributed by atoms with E-state index in [9.17, 15) is 4.79 Å². The summed E-state index contributed by atoms with van der Waals surface area (Å²) in [4.78, 5) is 17.8. The number of benzene rings is 1. The van der Waals surface area contributed by atoms with Gasteiger partial charge >= 0.3 is 0 Å². The summed E-state index contributed by atoms with van der Waals surface area (Å²) in [6.07, 6.45) is 2.54. The van der Waals surface area contributed by atoms with Crippen LogP contribution >= 0.6 is 0 Å². The summed E-state index contributed by atoms with van der Waals surface area (Å²) >= 11 is 0. The number of carbonyl (C=O) groups is 1. The number of nitrogens with two attached hydrogens (primary N) is 1. The van der Waals surface area contributed by atoms with Gasteiger partial charge < -0.3 is 10.6 Å². The Hall–Kier alpha value is -1.39. The standard InChI is InChI=1S/C24H43N3O/c1-8-26(9-2)17-12-15-24(23(25)28,22-14-11-10-13-21(22)7)16-18-27(19(3)4)20(5)6/h10-11,13-14,19-20H,8-9,12,15-18H2,1-7H3,(H2,25,28). The predicted octanol–water partition coefficient (Wildman–Crippen LogP) is 4.35. The summed E-state index contributed by atoms with van der Waals surface area (Å²) in [7, 11) is 0. The molecule has 0 saturated carbocycles. The van der Waals surface area contributed by atoms with Gasteiger partial charge in [-0.2, -0.15) is 0 Å². The van der Waals surface area contributed by atoms with Crippen molar-refractivity contribution in [1.29, 1.82) is 0 Å². The van der Waals surface area contributed by atoms with Crippen LogP contribution in [0, 0.1) is 6.92 Å². The van der Waals surface area contributed by atoms with Crippen molar-refractivity contribution >= 4 is 5.91 Å². The molecule has 0 aliphatic carbocycles. The molecule has 0 aliphatic rings. The highest BCUT2D eigenvalue weighted by Gasteiger charge is 2.39. The molecule has 1 aromatic carbocycles. The molecule has 4 heteroatoms. The second kappa shape index (κ2) is 11.6. The van der Waals surface area contributed by atoms with Crippen molar-refractivity contribution in [3.8, 4) is 0 Å². The van der Waals surface area contributed by atoms with E-state index in [2.05, 4.69) is 70.4 Å². The Morgan fingerprint density at radius 3 is 2.04 bits per heavy atom. The summed E-state index contributed by atoms with van der Waals surface area (Å²) in [5, 5.41) is 0. The van der Waals surface area contributed by atoms with E-state index in [1.165, 1.54) is 0 Å². The van der Waals surface area contributed by atoms with Crippen LogP contribution in [0.4, 0.5) is 0 Å². The van der Waals surface area contributed by atoms with E-state index in [1.54, 1.807) is 0 Å². The van der Waals surface area contributed by atoms with Crippen molar-refractivity contribution in [1.82, 2.24) is 9.80 Å². The van der Waals surface area contributed by atoms with Gasteiger partial charge in [0.05, 0.1) is 5.41 Å². The second-order valence-corrected chi connectivity index (χ2v) is 8.57. The van der Waals surface area contributed by atoms with E-state index in [1.807, 2.05) is 12.1 Å². The van der Waals surface area contributed by atoms with Crippen molar-refractivity contribution in [3.63, 3.8) is 0 Å². The van der Waals surface area contributed by atoms with Crippen molar-refractivity contribution in [2.24, 2.45) is 5.73 Å². The molecule has 0 heterocycles. The fourth-order valence-corrected chi connectivity index (χ4v) is 4.46. The van der Waals surface area contributed by atoms with Crippen molar-refractivity contribution in [2.45, 2.75) is 85.2 Å². The summed E-state index contributed by atoms with van der Waals surface area (Å²) in [5.41, 5.74) is 7.77. The first-order valence-corrected chi connectivity index (χ1v) is 11.0. The molecule has 1 amide bonds. The third-order valence-corrected chi connectivity index (χ3v) is 6.23. The minimum Gasteiger partial charge on any atom is -0.369 e. The minimum absolute atomic E-state index is 0.186. The summed E-state index contributed by atoms with van der Waals surface area (Å²) in [6.45, 7) is 19.3. The van der Waals surface area contributed by atoms with E-state index in [-0.39, 0.29) is 5.91 Å². The number of hydrogen-bond donors (Lipinski definition) is 1. The maximum atomic E-state index is 12.9. The largest absolute Gasteiger partial charge is 0.369 e. The quantitative estimate of drug-likeness (QED) is 0.546. The van der Waals surface area contributed by atoms with Crippen LogP contribution in [0.1, 0.15) is 71.9 Å². The molecule has 0 aliphatic heterocycles. The van der Waals surface area contributed by atoms with E-state index in [4.69, 9.17) is 5.73 Å². The molecule has 0 fully saturated rings. The molecule has 28 heavy (non-hydrogen) atoms. The first-order chi connectivity index (χ1) is 13.2. The van der Waals surface area contributed by atoms with Gasteiger partial charge in [-0.3, -0.25) is 9.69 Å². The van der Waals surface area contributed by atoms with Crippen LogP contribution in [-0.4, -0.2) is 54.0 Å². The molecule has 0 aromatic heterocycles. The van der Waals surface area contributed by atoms with E-state index in [0.717, 1.165) is 56.6 Å². The molecule has 160 valence electrons. The normalized spacial score (nSPS) is 14.2. The lowest BCUT2D eigenvalue weighted by atomic mass is 9.71. The molecule has 1 aromatic rings. The topological polar surface area (TPSA) is 49.6 Å². The minimum atomic E-state index is -0.611. The van der Waals surface area contributed by atoms with Crippen LogP contribution in [0.15, 0.2) is 24.3 Å². The SMILES string of the molecule is CCN(CC)CCCC(CCN(C(C)C)C(C)C)(C(N)=O)c1ccccc1C. The fraction of sp³-hybridized carbons (Fsp3) is 0.708. The molecule has 2 N–H and O–H groups in total. The van der Waals surface area contributed by atoms with Crippen molar-refractivity contribution in [2.75, 3.05) is 26.2 Å². The lowest BCUT2D eigenvalue weighted by Gasteiger charge is -2.38. The molecule has 0 radical (unpaired) electrons. The molecular weight excluding hydrogens is 346 g/mol. The average Bonchev–Trinajstić information content (AvgIpc) is 2.63. The van der Waals surface area contributed by atoms with Crippen LogP contribution in [0.3, 0.4) is 0 Å². The summed E-state index contributed by atoms with van der Waals surface area (Å²) < 4.78 is 0. The van der Waals surface area contributed by atoms with E-state index < -0.39 is 5.41 Å². The second-order valence-electron chi connectivity index (χ2n) is 8.57. The molecule has 1 atom stereocenters. The number of rotatable bonds is 13. The summed E-state index contributed by atoms with van der Waals surface area (Å²) in [6, 6.07) is 9.16. The van der Waals surface area contributed by atoms with Gasteiger partial charge in [0.2, 0.25) is 5.91 Å². The lowest BCUT2D eigenvalue weighted by Crippen LogP contribution is -2.47. The van der Waals surface area contributed by atoms with Crippen LogP contribution in [0.25, 0.3) is 0 Å². The number of nitrogens with zero attached hydrogens (tertiary/aromatic N) is 2.